The van der Waals surface area contributed by atoms with Crippen LogP contribution in [0.5, 0.6) is 0 Å². The van der Waals surface area contributed by atoms with Gasteiger partial charge in [0.25, 0.3) is 5.92 Å². The number of halogens is 2. The molecule has 1 saturated carbocycles. The monoisotopic (exact) mass is 198 g/mol. The van der Waals surface area contributed by atoms with Crippen LogP contribution in [0.15, 0.2) is 30.3 Å². The third-order valence-electron chi connectivity index (χ3n) is 2.48. The molecule has 2 nitrogen and oxygen atoms in total. The predicted octanol–water partition coefficient (Wildman–Crippen LogP) is 2.12. The van der Waals surface area contributed by atoms with E-state index < -0.39 is 23.7 Å². The van der Waals surface area contributed by atoms with Gasteiger partial charge in [0.1, 0.15) is 5.92 Å². The Balaban J connectivity index is 2.28. The molecule has 2 atom stereocenters. The molecule has 1 aromatic rings. The molecule has 0 spiro atoms. The molecule has 74 valence electrons. The van der Waals surface area contributed by atoms with Gasteiger partial charge in [0.15, 0.2) is 0 Å². The average molecular weight is 198 g/mol. The lowest BCUT2D eigenvalue weighted by molar-refractivity contribution is -0.140. The summed E-state index contributed by atoms with van der Waals surface area (Å²) in [5.74, 6) is -7.22. The van der Waals surface area contributed by atoms with Gasteiger partial charge in [-0.05, 0) is 5.56 Å². The molecule has 1 aromatic carbocycles. The lowest BCUT2D eigenvalue weighted by atomic mass is 10.1. The predicted molar refractivity (Wildman–Crippen MR) is 45.3 cm³/mol. The van der Waals surface area contributed by atoms with Crippen LogP contribution in [0.2, 0.25) is 0 Å². The number of carboxylic acid groups (broad SMARTS) is 1. The summed E-state index contributed by atoms with van der Waals surface area (Å²) in [5, 5.41) is 8.54. The van der Waals surface area contributed by atoms with Crippen molar-refractivity contribution in [3.8, 4) is 0 Å². The van der Waals surface area contributed by atoms with E-state index >= 15 is 0 Å². The number of rotatable bonds is 2. The van der Waals surface area contributed by atoms with E-state index in [9.17, 15) is 13.6 Å². The highest BCUT2D eigenvalue weighted by molar-refractivity contribution is 5.78. The van der Waals surface area contributed by atoms with E-state index in [2.05, 4.69) is 0 Å². The van der Waals surface area contributed by atoms with Gasteiger partial charge in [-0.15, -0.1) is 0 Å². The highest BCUT2D eigenvalue weighted by Crippen LogP contribution is 2.61. The summed E-state index contributed by atoms with van der Waals surface area (Å²) >= 11 is 0. The highest BCUT2D eigenvalue weighted by atomic mass is 19.3. The van der Waals surface area contributed by atoms with E-state index in [1.54, 1.807) is 18.2 Å². The first-order chi connectivity index (χ1) is 6.55. The highest BCUT2D eigenvalue weighted by Gasteiger charge is 2.72. The minimum Gasteiger partial charge on any atom is -0.481 e. The van der Waals surface area contributed by atoms with Crippen molar-refractivity contribution >= 4 is 5.97 Å². The molecular formula is C10H8F2O2. The summed E-state index contributed by atoms with van der Waals surface area (Å²) in [6.07, 6.45) is 0. The van der Waals surface area contributed by atoms with Crippen LogP contribution in [0.3, 0.4) is 0 Å². The minimum atomic E-state index is -3.09. The topological polar surface area (TPSA) is 37.3 Å². The van der Waals surface area contributed by atoms with Crippen LogP contribution in [-0.2, 0) is 4.79 Å². The zero-order valence-corrected chi connectivity index (χ0v) is 7.15. The molecule has 0 heterocycles. The summed E-state index contributed by atoms with van der Waals surface area (Å²) in [6.45, 7) is 0. The van der Waals surface area contributed by atoms with Crippen molar-refractivity contribution in [3.63, 3.8) is 0 Å². The van der Waals surface area contributed by atoms with Gasteiger partial charge in [0, 0.05) is 0 Å². The lowest BCUT2D eigenvalue weighted by Crippen LogP contribution is -2.04. The first-order valence-electron chi connectivity index (χ1n) is 4.20. The van der Waals surface area contributed by atoms with Crippen molar-refractivity contribution in [2.24, 2.45) is 5.92 Å². The van der Waals surface area contributed by atoms with Crippen molar-refractivity contribution in [2.45, 2.75) is 11.8 Å². The number of hydrogen-bond donors (Lipinski definition) is 1. The average Bonchev–Trinajstić information content (AvgIpc) is 2.71. The summed E-state index contributed by atoms with van der Waals surface area (Å²) < 4.78 is 26.0. The Morgan fingerprint density at radius 1 is 1.29 bits per heavy atom. The maximum Gasteiger partial charge on any atom is 0.313 e. The van der Waals surface area contributed by atoms with E-state index in [1.807, 2.05) is 0 Å². The molecule has 0 amide bonds. The van der Waals surface area contributed by atoms with Crippen LogP contribution >= 0.6 is 0 Å². The first kappa shape index (κ1) is 9.12. The third-order valence-corrected chi connectivity index (χ3v) is 2.48. The maximum atomic E-state index is 13.0. The number of alkyl halides is 2. The number of carbonyl (C=O) groups is 1. The Hall–Kier alpha value is -1.45. The molecule has 0 aliphatic heterocycles. The standard InChI is InChI=1S/C10H8F2O2/c11-10(12)7(8(10)9(13)14)6-4-2-1-3-5-6/h1-5,7-8H,(H,13,14). The van der Waals surface area contributed by atoms with Gasteiger partial charge in [0.2, 0.25) is 0 Å². The molecule has 0 radical (unpaired) electrons. The molecule has 1 aliphatic rings. The van der Waals surface area contributed by atoms with Crippen LogP contribution in [0.1, 0.15) is 11.5 Å². The van der Waals surface area contributed by atoms with Gasteiger partial charge in [-0.25, -0.2) is 8.78 Å². The number of carboxylic acids is 1. The molecule has 2 unspecified atom stereocenters. The van der Waals surface area contributed by atoms with Crippen LogP contribution < -0.4 is 0 Å². The first-order valence-corrected chi connectivity index (χ1v) is 4.20. The van der Waals surface area contributed by atoms with Gasteiger partial charge in [-0.3, -0.25) is 4.79 Å². The van der Waals surface area contributed by atoms with Gasteiger partial charge in [-0.1, -0.05) is 30.3 Å². The molecule has 0 saturated heterocycles. The summed E-state index contributed by atoms with van der Waals surface area (Å²) in [5.41, 5.74) is 0.393. The summed E-state index contributed by atoms with van der Waals surface area (Å²) in [7, 11) is 0. The van der Waals surface area contributed by atoms with E-state index in [1.165, 1.54) is 12.1 Å². The van der Waals surface area contributed by atoms with Crippen LogP contribution in [0, 0.1) is 5.92 Å². The van der Waals surface area contributed by atoms with E-state index in [0.29, 0.717) is 5.56 Å². The molecule has 0 aromatic heterocycles. The second-order valence-electron chi connectivity index (χ2n) is 3.38. The second-order valence-corrected chi connectivity index (χ2v) is 3.38. The van der Waals surface area contributed by atoms with Crippen molar-refractivity contribution in [1.82, 2.24) is 0 Å². The van der Waals surface area contributed by atoms with Crippen LogP contribution in [0.25, 0.3) is 0 Å². The fraction of sp³-hybridized carbons (Fsp3) is 0.300. The Morgan fingerprint density at radius 2 is 1.86 bits per heavy atom. The van der Waals surface area contributed by atoms with Gasteiger partial charge < -0.3 is 5.11 Å². The van der Waals surface area contributed by atoms with Crippen LogP contribution in [0.4, 0.5) is 8.78 Å². The largest absolute Gasteiger partial charge is 0.481 e. The fourth-order valence-corrected chi connectivity index (χ4v) is 1.71. The van der Waals surface area contributed by atoms with Gasteiger partial charge in [-0.2, -0.15) is 0 Å². The lowest BCUT2D eigenvalue weighted by Gasteiger charge is -1.95. The second kappa shape index (κ2) is 2.77. The third kappa shape index (κ3) is 1.18. The van der Waals surface area contributed by atoms with E-state index in [4.69, 9.17) is 5.11 Å². The fourth-order valence-electron chi connectivity index (χ4n) is 1.71. The summed E-state index contributed by atoms with van der Waals surface area (Å²) in [6, 6.07) is 8.02. The van der Waals surface area contributed by atoms with Crippen LogP contribution in [-0.4, -0.2) is 17.0 Å². The summed E-state index contributed by atoms with van der Waals surface area (Å²) in [4.78, 5) is 10.5. The molecule has 0 bridgehead atoms. The van der Waals surface area contributed by atoms with E-state index in [0.717, 1.165) is 0 Å². The Labute approximate surface area is 79.2 Å². The number of benzene rings is 1. The zero-order chi connectivity index (χ0) is 10.3. The Kier molecular flexibility index (Phi) is 1.80. The maximum absolute atomic E-state index is 13.0. The van der Waals surface area contributed by atoms with Crippen molar-refractivity contribution in [1.29, 1.82) is 0 Å². The zero-order valence-electron chi connectivity index (χ0n) is 7.15. The Bertz CT molecular complexity index is 362. The quantitative estimate of drug-likeness (QED) is 0.790. The Morgan fingerprint density at radius 3 is 2.29 bits per heavy atom. The smallest absolute Gasteiger partial charge is 0.313 e. The van der Waals surface area contributed by atoms with Gasteiger partial charge in [0.05, 0.1) is 5.92 Å². The minimum absolute atomic E-state index is 0.393. The molecule has 4 heteroatoms. The molecule has 1 aliphatic carbocycles. The van der Waals surface area contributed by atoms with Gasteiger partial charge >= 0.3 is 5.97 Å². The molecule has 1 N–H and O–H groups in total. The SMILES string of the molecule is O=C(O)C1C(c2ccccc2)C1(F)F. The normalized spacial score (nSPS) is 28.4. The van der Waals surface area contributed by atoms with Crippen molar-refractivity contribution in [3.05, 3.63) is 35.9 Å². The number of hydrogen-bond acceptors (Lipinski definition) is 1. The van der Waals surface area contributed by atoms with Crippen molar-refractivity contribution in [2.75, 3.05) is 0 Å². The molecule has 14 heavy (non-hydrogen) atoms. The molecule has 1 fully saturated rings. The van der Waals surface area contributed by atoms with Crippen molar-refractivity contribution < 1.29 is 18.7 Å². The number of aliphatic carboxylic acids is 1. The molecular weight excluding hydrogens is 190 g/mol. The van der Waals surface area contributed by atoms with E-state index in [-0.39, 0.29) is 0 Å². The molecule has 2 rings (SSSR count).